The Bertz CT molecular complexity index is 9.51. The van der Waals surface area contributed by atoms with Gasteiger partial charge in [0.2, 0.25) is 0 Å². The topological polar surface area (TPSA) is 35.0 Å². The molecule has 0 saturated carbocycles. The van der Waals surface area contributed by atoms with E-state index in [4.69, 9.17) is 0 Å². The Morgan fingerprint density at radius 2 is 1.17 bits per heavy atom. The molecule has 0 bridgehead atoms. The van der Waals surface area contributed by atoms with Gasteiger partial charge in [-0.15, -0.1) is 0 Å². The zero-order valence-corrected chi connectivity index (χ0v) is 4.12. The van der Waals surface area contributed by atoms with Crippen LogP contribution in [-0.4, -0.2) is 11.0 Å². The molecule has 0 unspecified atom stereocenters. The van der Waals surface area contributed by atoms with Crippen LogP contribution in [0, 0.1) is 0 Å². The molecular weight excluding hydrogens is 90.1 g/mol. The summed E-state index contributed by atoms with van der Waals surface area (Å²) in [6, 6.07) is 0. The minimum atomic E-state index is 0. The molecule has 0 rings (SSSR count). The summed E-state index contributed by atoms with van der Waals surface area (Å²) in [5.41, 5.74) is 0. The molecule has 0 amide bonds. The summed E-state index contributed by atoms with van der Waals surface area (Å²) < 4.78 is 0. The van der Waals surface area contributed by atoms with Crippen molar-refractivity contribution in [3.63, 3.8) is 0 Å². The van der Waals surface area contributed by atoms with Crippen molar-refractivity contribution >= 4 is 11.0 Å². The van der Waals surface area contributed by atoms with Crippen LogP contribution in [-0.2, 0) is 0 Å². The molecule has 0 fully saturated rings. The van der Waals surface area contributed by atoms with Gasteiger partial charge in [-0.05, 0) is 11.0 Å². The number of hydrogen-bond acceptors (Lipinski definition) is 1. The molecule has 1 nitrogen and oxygen atoms in total. The molecule has 2 heteroatoms. The third-order valence-corrected chi connectivity index (χ3v) is 0.500. The van der Waals surface area contributed by atoms with E-state index in [-0.39, 0.29) is 17.1 Å². The fourth-order valence-electron chi connectivity index (χ4n) is 0. The number of hydrogen-bond donors (Lipinski definition) is 1. The maximum absolute atomic E-state index is 2.18. The van der Waals surface area contributed by atoms with Crippen molar-refractivity contribution in [3.8, 4) is 0 Å². The SMILES string of the molecule is CCCC.N.[SiH4]. The van der Waals surface area contributed by atoms with Gasteiger partial charge in [0, 0.05) is 0 Å². The first-order chi connectivity index (χ1) is 1.91. The monoisotopic (exact) mass is 107 g/mol. The van der Waals surface area contributed by atoms with Gasteiger partial charge in [-0.3, -0.25) is 0 Å². The summed E-state index contributed by atoms with van der Waals surface area (Å²) in [5, 5.41) is 0. The van der Waals surface area contributed by atoms with Gasteiger partial charge < -0.3 is 6.15 Å². The third kappa shape index (κ3) is 30.4. The lowest BCUT2D eigenvalue weighted by molar-refractivity contribution is 0.886. The molecule has 6 heavy (non-hydrogen) atoms. The Hall–Kier alpha value is 0.177. The lowest BCUT2D eigenvalue weighted by Crippen LogP contribution is -1.47. The van der Waals surface area contributed by atoms with E-state index in [9.17, 15) is 0 Å². The van der Waals surface area contributed by atoms with Gasteiger partial charge in [0.05, 0.1) is 0 Å². The average molecular weight is 107 g/mol. The molecule has 0 aromatic carbocycles. The smallest absolute Gasteiger partial charge is 0.0149 e. The van der Waals surface area contributed by atoms with E-state index in [2.05, 4.69) is 13.8 Å². The van der Waals surface area contributed by atoms with Gasteiger partial charge in [0.25, 0.3) is 0 Å². The second kappa shape index (κ2) is 19.1. The van der Waals surface area contributed by atoms with Crippen LogP contribution in [0.15, 0.2) is 0 Å². The quantitative estimate of drug-likeness (QED) is 0.487. The van der Waals surface area contributed by atoms with E-state index in [0.717, 1.165) is 0 Å². The van der Waals surface area contributed by atoms with E-state index < -0.39 is 0 Å². The molecule has 0 aromatic heterocycles. The van der Waals surface area contributed by atoms with Crippen LogP contribution in [0.2, 0.25) is 0 Å². The molecule has 42 valence electrons. The van der Waals surface area contributed by atoms with Crippen LogP contribution in [0.3, 0.4) is 0 Å². The Labute approximate surface area is 44.7 Å². The Balaban J connectivity index is -0.0000000450. The normalized spacial score (nSPS) is 5.00. The molecule has 0 saturated heterocycles. The minimum Gasteiger partial charge on any atom is -0.344 e. The summed E-state index contributed by atoms with van der Waals surface area (Å²) in [7, 11) is 0. The molecule has 0 aromatic rings. The van der Waals surface area contributed by atoms with Crippen molar-refractivity contribution in [1.29, 1.82) is 0 Å². The van der Waals surface area contributed by atoms with Gasteiger partial charge in [0.15, 0.2) is 0 Å². The molecule has 0 radical (unpaired) electrons. The largest absolute Gasteiger partial charge is 0.344 e. The third-order valence-electron chi connectivity index (χ3n) is 0.500. The predicted octanol–water partition coefficient (Wildman–Crippen LogP) is 0.517. The van der Waals surface area contributed by atoms with Gasteiger partial charge in [-0.2, -0.15) is 0 Å². The van der Waals surface area contributed by atoms with Crippen LogP contribution >= 0.6 is 0 Å². The van der Waals surface area contributed by atoms with Crippen molar-refractivity contribution in [2.45, 2.75) is 26.7 Å². The fraction of sp³-hybridized carbons (Fsp3) is 1.00. The molecule has 0 aliphatic rings. The van der Waals surface area contributed by atoms with Gasteiger partial charge >= 0.3 is 0 Å². The van der Waals surface area contributed by atoms with Crippen LogP contribution < -0.4 is 6.15 Å². The van der Waals surface area contributed by atoms with Gasteiger partial charge in [-0.25, -0.2) is 0 Å². The number of unbranched alkanes of at least 4 members (excludes halogenated alkanes) is 1. The standard InChI is InChI=1S/C4H10.H3N.H4Si/c1-3-4-2;;/h3-4H2,1-2H3;1H3;1H4. The van der Waals surface area contributed by atoms with Crippen molar-refractivity contribution in [1.82, 2.24) is 6.15 Å². The Kier molecular flexibility index (Phi) is 52.1. The first kappa shape index (κ1) is 16.4. The fourth-order valence-corrected chi connectivity index (χ4v) is 0. The van der Waals surface area contributed by atoms with Crippen LogP contribution in [0.1, 0.15) is 26.7 Å². The lowest BCUT2D eigenvalue weighted by Gasteiger charge is -1.68. The molecule has 0 aliphatic heterocycles. The zero-order chi connectivity index (χ0) is 3.41. The first-order valence-corrected chi connectivity index (χ1v) is 1.91. The van der Waals surface area contributed by atoms with Crippen molar-refractivity contribution in [2.24, 2.45) is 0 Å². The van der Waals surface area contributed by atoms with Gasteiger partial charge in [-0.1, -0.05) is 26.7 Å². The molecule has 0 heterocycles. The van der Waals surface area contributed by atoms with Crippen molar-refractivity contribution in [3.05, 3.63) is 0 Å². The predicted molar refractivity (Wildman–Crippen MR) is 36.9 cm³/mol. The summed E-state index contributed by atoms with van der Waals surface area (Å²) in [6.07, 6.45) is 2.64. The molecule has 3 N–H and O–H groups in total. The highest BCUT2D eigenvalue weighted by Crippen LogP contribution is 1.76. The van der Waals surface area contributed by atoms with Crippen LogP contribution in [0.25, 0.3) is 0 Å². The molecular formula is C4H17NSi. The second-order valence-electron chi connectivity index (χ2n) is 1.000. The lowest BCUT2D eigenvalue weighted by atomic mass is 10.4. The van der Waals surface area contributed by atoms with Crippen molar-refractivity contribution < 1.29 is 0 Å². The maximum Gasteiger partial charge on any atom is -0.0149 e. The van der Waals surface area contributed by atoms with Gasteiger partial charge in [0.1, 0.15) is 0 Å². The van der Waals surface area contributed by atoms with E-state index in [0.29, 0.717) is 0 Å². The molecule has 0 atom stereocenters. The summed E-state index contributed by atoms with van der Waals surface area (Å²) in [5.74, 6) is 0. The summed E-state index contributed by atoms with van der Waals surface area (Å²) >= 11 is 0. The van der Waals surface area contributed by atoms with E-state index >= 15 is 0 Å². The summed E-state index contributed by atoms with van der Waals surface area (Å²) in [6.45, 7) is 4.36. The van der Waals surface area contributed by atoms with E-state index in [1.54, 1.807) is 0 Å². The highest BCUT2D eigenvalue weighted by molar-refractivity contribution is 5.75. The highest BCUT2D eigenvalue weighted by Gasteiger charge is 1.56. The minimum absolute atomic E-state index is 0. The van der Waals surface area contributed by atoms with Crippen LogP contribution in [0.5, 0.6) is 0 Å². The molecule has 0 spiro atoms. The average Bonchev–Trinajstić information content (AvgIpc) is 1.37. The molecule has 0 aliphatic carbocycles. The van der Waals surface area contributed by atoms with E-state index in [1.165, 1.54) is 12.8 Å². The Morgan fingerprint density at radius 3 is 1.17 bits per heavy atom. The Morgan fingerprint density at radius 1 is 1.00 bits per heavy atom. The maximum atomic E-state index is 2.18. The van der Waals surface area contributed by atoms with Crippen molar-refractivity contribution in [2.75, 3.05) is 0 Å². The second-order valence-corrected chi connectivity index (χ2v) is 1.000. The number of rotatable bonds is 1. The first-order valence-electron chi connectivity index (χ1n) is 1.91. The summed E-state index contributed by atoms with van der Waals surface area (Å²) in [4.78, 5) is 0. The van der Waals surface area contributed by atoms with Crippen LogP contribution in [0.4, 0.5) is 0 Å². The zero-order valence-electron chi connectivity index (χ0n) is 4.12. The van der Waals surface area contributed by atoms with E-state index in [1.807, 2.05) is 0 Å². The highest BCUT2D eigenvalue weighted by atomic mass is 28.1.